The van der Waals surface area contributed by atoms with Gasteiger partial charge in [0.1, 0.15) is 11.2 Å². The maximum Gasteiger partial charge on any atom is 0.434 e. The Bertz CT molecular complexity index is 1500. The molecule has 6 rings (SSSR count). The number of morpholine rings is 1. The van der Waals surface area contributed by atoms with Gasteiger partial charge in [-0.05, 0) is 50.7 Å². The lowest BCUT2D eigenvalue weighted by Gasteiger charge is -2.39. The summed E-state index contributed by atoms with van der Waals surface area (Å²) in [4.78, 5) is 28.7. The minimum atomic E-state index is -0.665. The van der Waals surface area contributed by atoms with E-state index < -0.39 is 5.76 Å². The van der Waals surface area contributed by atoms with Crippen LogP contribution in [0.2, 0.25) is 5.02 Å². The number of aromatic nitrogens is 6. The van der Waals surface area contributed by atoms with Crippen LogP contribution in [0.1, 0.15) is 46.5 Å². The van der Waals surface area contributed by atoms with E-state index in [0.717, 1.165) is 36.0 Å². The summed E-state index contributed by atoms with van der Waals surface area (Å²) >= 11 is 6.41. The molecule has 4 heterocycles. The average molecular weight is 538 g/mol. The Morgan fingerprint density at radius 2 is 1.92 bits per heavy atom. The van der Waals surface area contributed by atoms with Crippen molar-refractivity contribution in [1.82, 2.24) is 29.7 Å². The number of imidazole rings is 1. The molecule has 1 aliphatic carbocycles. The van der Waals surface area contributed by atoms with Gasteiger partial charge in [-0.2, -0.15) is 4.98 Å². The smallest absolute Gasteiger partial charge is 0.384 e. The Hall–Kier alpha value is -3.24. The molecule has 200 valence electrons. The molecular formula is C27H32ClN7O3. The Morgan fingerprint density at radius 1 is 1.11 bits per heavy atom. The van der Waals surface area contributed by atoms with Gasteiger partial charge in [-0.1, -0.05) is 43.5 Å². The molecule has 0 amide bonds. The van der Waals surface area contributed by atoms with Gasteiger partial charge in [0, 0.05) is 23.7 Å². The standard InChI is InChI=1S/C27H32ClN7O3/c1-15-7-9-18(10-8-15)14-35-22-21(19-5-4-6-20(28)13-19)29-24(25-32-33-27(36)38-25)30-23(22)31-26(35)34-11-12-37-17(3)16(34)2/h4-6,13,15-18H,7-12,14H2,1-3H3,(H,33,36)/t15?,16-,17+,18?/m0/s1. The maximum atomic E-state index is 11.7. The minimum absolute atomic E-state index is 0.0194. The van der Waals surface area contributed by atoms with E-state index in [2.05, 4.69) is 40.4 Å². The highest BCUT2D eigenvalue weighted by Gasteiger charge is 2.32. The number of anilines is 1. The molecule has 2 fully saturated rings. The molecule has 0 radical (unpaired) electrons. The fraction of sp³-hybridized carbons (Fsp3) is 0.519. The van der Waals surface area contributed by atoms with Crippen LogP contribution in [0.5, 0.6) is 0 Å². The largest absolute Gasteiger partial charge is 0.434 e. The van der Waals surface area contributed by atoms with Gasteiger partial charge in [-0.15, -0.1) is 5.10 Å². The second kappa shape index (κ2) is 10.1. The van der Waals surface area contributed by atoms with E-state index in [-0.39, 0.29) is 23.9 Å². The van der Waals surface area contributed by atoms with Gasteiger partial charge < -0.3 is 18.6 Å². The van der Waals surface area contributed by atoms with E-state index >= 15 is 0 Å². The van der Waals surface area contributed by atoms with Crippen molar-refractivity contribution in [2.75, 3.05) is 18.1 Å². The number of nitrogens with zero attached hydrogens (tertiary/aromatic N) is 6. The van der Waals surface area contributed by atoms with E-state index in [0.29, 0.717) is 28.9 Å². The normalized spacial score (nSPS) is 24.3. The molecule has 4 aromatic rings. The topological polar surface area (TPSA) is 115 Å². The molecule has 11 heteroatoms. The molecule has 1 aromatic carbocycles. The number of ether oxygens (including phenoxy) is 1. The van der Waals surface area contributed by atoms with Crippen molar-refractivity contribution in [2.45, 2.75) is 65.1 Å². The first-order valence-electron chi connectivity index (χ1n) is 13.4. The SMILES string of the molecule is CC1CCC(Cn2c(N3CCO[C@H](C)[C@@H]3C)nc3nc(-c4n[nH]c(=O)o4)nc(-c4cccc(Cl)c4)c32)CC1. The summed E-state index contributed by atoms with van der Waals surface area (Å²) in [5.74, 6) is 1.71. The van der Waals surface area contributed by atoms with Crippen LogP contribution in [0.3, 0.4) is 0 Å². The van der Waals surface area contributed by atoms with Gasteiger partial charge >= 0.3 is 5.76 Å². The number of halogens is 1. The second-order valence-corrected chi connectivity index (χ2v) is 11.1. The summed E-state index contributed by atoms with van der Waals surface area (Å²) in [6.07, 6.45) is 4.90. The Kier molecular flexibility index (Phi) is 6.69. The number of fused-ring (bicyclic) bond motifs is 1. The van der Waals surface area contributed by atoms with Gasteiger partial charge in [0.15, 0.2) is 5.65 Å². The van der Waals surface area contributed by atoms with Crippen LogP contribution >= 0.6 is 11.6 Å². The van der Waals surface area contributed by atoms with Crippen LogP contribution in [-0.2, 0) is 11.3 Å². The lowest BCUT2D eigenvalue weighted by Crippen LogP contribution is -2.49. The molecule has 0 unspecified atom stereocenters. The molecule has 1 aliphatic heterocycles. The predicted molar refractivity (Wildman–Crippen MR) is 145 cm³/mol. The van der Waals surface area contributed by atoms with Gasteiger partial charge in [0.25, 0.3) is 5.89 Å². The van der Waals surface area contributed by atoms with Crippen LogP contribution in [0.4, 0.5) is 5.95 Å². The monoisotopic (exact) mass is 537 g/mol. The van der Waals surface area contributed by atoms with Crippen molar-refractivity contribution in [1.29, 1.82) is 0 Å². The summed E-state index contributed by atoms with van der Waals surface area (Å²) in [6, 6.07) is 7.72. The van der Waals surface area contributed by atoms with E-state index in [1.807, 2.05) is 24.3 Å². The lowest BCUT2D eigenvalue weighted by atomic mass is 9.83. The van der Waals surface area contributed by atoms with Gasteiger partial charge in [0.2, 0.25) is 11.8 Å². The maximum absolute atomic E-state index is 11.7. The molecule has 2 atom stereocenters. The first-order chi connectivity index (χ1) is 18.4. The molecule has 1 N–H and O–H groups in total. The molecule has 1 saturated heterocycles. The third kappa shape index (κ3) is 4.71. The fourth-order valence-electron chi connectivity index (χ4n) is 5.66. The highest BCUT2D eigenvalue weighted by molar-refractivity contribution is 6.30. The zero-order valence-electron chi connectivity index (χ0n) is 21.9. The highest BCUT2D eigenvalue weighted by atomic mass is 35.5. The first kappa shape index (κ1) is 25.1. The minimum Gasteiger partial charge on any atom is -0.384 e. The number of H-pyrrole nitrogens is 1. The third-order valence-corrected chi connectivity index (χ3v) is 8.26. The van der Waals surface area contributed by atoms with Crippen LogP contribution < -0.4 is 10.7 Å². The molecular weight excluding hydrogens is 506 g/mol. The number of rotatable bonds is 5. The van der Waals surface area contributed by atoms with Gasteiger partial charge in [-0.3, -0.25) is 0 Å². The molecule has 38 heavy (non-hydrogen) atoms. The molecule has 1 saturated carbocycles. The van der Waals surface area contributed by atoms with E-state index in [1.54, 1.807) is 0 Å². The van der Waals surface area contributed by atoms with Crippen LogP contribution in [0.15, 0.2) is 33.5 Å². The number of benzene rings is 1. The Labute approximate surface area is 225 Å². The van der Waals surface area contributed by atoms with E-state index in [1.165, 1.54) is 25.7 Å². The number of hydrogen-bond donors (Lipinski definition) is 1. The predicted octanol–water partition coefficient (Wildman–Crippen LogP) is 4.93. The van der Waals surface area contributed by atoms with Crippen LogP contribution in [-0.4, -0.2) is 55.0 Å². The number of hydrogen-bond acceptors (Lipinski definition) is 8. The van der Waals surface area contributed by atoms with Crippen molar-refractivity contribution < 1.29 is 9.15 Å². The zero-order valence-corrected chi connectivity index (χ0v) is 22.6. The zero-order chi connectivity index (χ0) is 26.4. The molecule has 0 bridgehead atoms. The van der Waals surface area contributed by atoms with Crippen molar-refractivity contribution in [3.8, 4) is 23.0 Å². The Morgan fingerprint density at radius 3 is 2.66 bits per heavy atom. The van der Waals surface area contributed by atoms with E-state index in [9.17, 15) is 4.79 Å². The molecule has 3 aromatic heterocycles. The molecule has 2 aliphatic rings. The highest BCUT2D eigenvalue weighted by Crippen LogP contribution is 2.37. The molecule has 10 nitrogen and oxygen atoms in total. The van der Waals surface area contributed by atoms with E-state index in [4.69, 9.17) is 35.7 Å². The van der Waals surface area contributed by atoms with Crippen LogP contribution in [0.25, 0.3) is 34.1 Å². The summed E-state index contributed by atoms with van der Waals surface area (Å²) in [5, 5.41) is 6.87. The lowest BCUT2D eigenvalue weighted by molar-refractivity contribution is 0.0274. The number of nitrogens with one attached hydrogen (secondary N) is 1. The van der Waals surface area contributed by atoms with Crippen molar-refractivity contribution in [3.05, 3.63) is 39.8 Å². The fourth-order valence-corrected chi connectivity index (χ4v) is 5.85. The molecule has 0 spiro atoms. The quantitative estimate of drug-likeness (QED) is 0.381. The van der Waals surface area contributed by atoms with Crippen LogP contribution in [0, 0.1) is 11.8 Å². The number of aromatic amines is 1. The third-order valence-electron chi connectivity index (χ3n) is 8.03. The Balaban J connectivity index is 1.58. The first-order valence-corrected chi connectivity index (χ1v) is 13.7. The van der Waals surface area contributed by atoms with Gasteiger partial charge in [0.05, 0.1) is 18.8 Å². The summed E-state index contributed by atoms with van der Waals surface area (Å²) in [7, 11) is 0. The second-order valence-electron chi connectivity index (χ2n) is 10.7. The van der Waals surface area contributed by atoms with Crippen molar-refractivity contribution in [2.24, 2.45) is 11.8 Å². The van der Waals surface area contributed by atoms with Crippen molar-refractivity contribution in [3.63, 3.8) is 0 Å². The summed E-state index contributed by atoms with van der Waals surface area (Å²) in [5.41, 5.74) is 2.88. The average Bonchev–Trinajstić information content (AvgIpc) is 3.50. The van der Waals surface area contributed by atoms with Gasteiger partial charge in [-0.25, -0.2) is 19.9 Å². The summed E-state index contributed by atoms with van der Waals surface area (Å²) in [6.45, 7) is 8.80. The summed E-state index contributed by atoms with van der Waals surface area (Å²) < 4.78 is 13.4. The van der Waals surface area contributed by atoms with Crippen molar-refractivity contribution >= 4 is 28.7 Å².